The molecule has 170 valence electrons. The zero-order valence-electron chi connectivity index (χ0n) is 17.6. The van der Waals surface area contributed by atoms with Crippen LogP contribution in [0.25, 0.3) is 0 Å². The topological polar surface area (TPSA) is 107 Å². The van der Waals surface area contributed by atoms with Crippen molar-refractivity contribution in [1.29, 1.82) is 0 Å². The summed E-state index contributed by atoms with van der Waals surface area (Å²) >= 11 is 0. The zero-order chi connectivity index (χ0) is 21.4. The van der Waals surface area contributed by atoms with Gasteiger partial charge in [-0.25, -0.2) is 4.79 Å². The van der Waals surface area contributed by atoms with Crippen LogP contribution in [-0.4, -0.2) is 37.0 Å². The number of carbonyl (C=O) groups is 2. The van der Waals surface area contributed by atoms with E-state index in [1.54, 1.807) is 0 Å². The Labute approximate surface area is 182 Å². The summed E-state index contributed by atoms with van der Waals surface area (Å²) in [5, 5.41) is 0. The van der Waals surface area contributed by atoms with Crippen LogP contribution < -0.4 is 0 Å². The molecule has 8 heteroatoms. The van der Waals surface area contributed by atoms with Gasteiger partial charge in [-0.05, 0) is 104 Å². The molecule has 8 aliphatic carbocycles. The van der Waals surface area contributed by atoms with E-state index in [1.807, 2.05) is 0 Å². The summed E-state index contributed by atoms with van der Waals surface area (Å²) in [6.07, 6.45) is 10.2. The lowest BCUT2D eigenvalue weighted by Gasteiger charge is -2.91. The van der Waals surface area contributed by atoms with Gasteiger partial charge < -0.3 is 9.47 Å². The first-order chi connectivity index (χ1) is 14.7. The van der Waals surface area contributed by atoms with E-state index in [0.29, 0.717) is 23.2 Å². The van der Waals surface area contributed by atoms with Gasteiger partial charge in [-0.15, -0.1) is 0 Å². The molecule has 0 heterocycles. The van der Waals surface area contributed by atoms with Gasteiger partial charge in [-0.1, -0.05) is 0 Å². The van der Waals surface area contributed by atoms with E-state index in [-0.39, 0.29) is 23.9 Å². The fourth-order valence-corrected chi connectivity index (χ4v) is 11.2. The molecule has 8 saturated carbocycles. The van der Waals surface area contributed by atoms with Crippen molar-refractivity contribution in [3.05, 3.63) is 0 Å². The third-order valence-electron chi connectivity index (χ3n) is 11.2. The second kappa shape index (κ2) is 5.66. The average Bonchev–Trinajstić information content (AvgIpc) is 2.98. The second-order valence-electron chi connectivity index (χ2n) is 12.2. The highest BCUT2D eigenvalue weighted by molar-refractivity contribution is 7.87. The van der Waals surface area contributed by atoms with Crippen LogP contribution >= 0.6 is 0 Å². The highest BCUT2D eigenvalue weighted by Crippen LogP contribution is 2.92. The van der Waals surface area contributed by atoms with Gasteiger partial charge in [0.05, 0.1) is 13.0 Å². The van der Waals surface area contributed by atoms with E-state index in [4.69, 9.17) is 9.47 Å². The molecule has 0 aromatic rings. The van der Waals surface area contributed by atoms with Gasteiger partial charge in [0.25, 0.3) is 0 Å². The van der Waals surface area contributed by atoms with Gasteiger partial charge in [-0.2, -0.15) is 8.42 Å². The highest BCUT2D eigenvalue weighted by atomic mass is 32.2. The third-order valence-corrected chi connectivity index (χ3v) is 12.0. The Morgan fingerprint density at radius 2 is 1.55 bits per heavy atom. The number of hydrogen-bond acceptors (Lipinski definition) is 6. The van der Waals surface area contributed by atoms with Crippen LogP contribution in [-0.2, 0) is 29.2 Å². The van der Waals surface area contributed by atoms with Crippen LogP contribution in [0.5, 0.6) is 0 Å². The Kier molecular flexibility index (Phi) is 3.53. The molecule has 8 aliphatic rings. The highest BCUT2D eigenvalue weighted by Gasteiger charge is 2.87. The summed E-state index contributed by atoms with van der Waals surface area (Å²) in [4.78, 5) is 25.3. The number of carbonyl (C=O) groups excluding carboxylic acids is 2. The fourth-order valence-electron chi connectivity index (χ4n) is 10.6. The SMILES string of the molecule is O=C(CC12CC3CC(CC1C3)C2)OC(C(=O)OCC12CC3CC4CC(C1)C432)S(=O)(=O)O. The summed E-state index contributed by atoms with van der Waals surface area (Å²) in [6, 6.07) is 0. The minimum atomic E-state index is -4.90. The molecule has 1 N–H and O–H groups in total. The molecular formula is C23H30O7S. The Hall–Kier alpha value is -1.15. The molecule has 1 spiro atoms. The second-order valence-corrected chi connectivity index (χ2v) is 13.7. The summed E-state index contributed by atoms with van der Waals surface area (Å²) < 4.78 is 43.9. The van der Waals surface area contributed by atoms with E-state index in [0.717, 1.165) is 56.3 Å². The molecule has 7 nitrogen and oxygen atoms in total. The van der Waals surface area contributed by atoms with E-state index in [9.17, 15) is 22.6 Å². The number of ether oxygens (including phenoxy) is 2. The maximum absolute atomic E-state index is 12.7. The van der Waals surface area contributed by atoms with Crippen molar-refractivity contribution in [1.82, 2.24) is 0 Å². The van der Waals surface area contributed by atoms with E-state index >= 15 is 0 Å². The average molecular weight is 451 g/mol. The molecule has 8 rings (SSSR count). The Balaban J connectivity index is 1.01. The molecule has 4 bridgehead atoms. The molecular weight excluding hydrogens is 420 g/mol. The number of hydrogen-bond donors (Lipinski definition) is 1. The van der Waals surface area contributed by atoms with Gasteiger partial charge in [0.2, 0.25) is 0 Å². The molecule has 5 atom stereocenters. The maximum atomic E-state index is 12.7. The molecule has 0 radical (unpaired) electrons. The van der Waals surface area contributed by atoms with Crippen molar-refractivity contribution in [3.8, 4) is 0 Å². The first kappa shape index (κ1) is 19.3. The van der Waals surface area contributed by atoms with Crippen molar-refractivity contribution in [3.63, 3.8) is 0 Å². The summed E-state index contributed by atoms with van der Waals surface area (Å²) in [5.74, 6) is 2.18. The Morgan fingerprint density at radius 3 is 2.10 bits per heavy atom. The van der Waals surface area contributed by atoms with Crippen LogP contribution in [0, 0.1) is 51.8 Å². The monoisotopic (exact) mass is 450 g/mol. The largest absolute Gasteiger partial charge is 0.461 e. The van der Waals surface area contributed by atoms with Crippen molar-refractivity contribution >= 4 is 22.1 Å². The molecule has 0 aromatic heterocycles. The van der Waals surface area contributed by atoms with Crippen molar-refractivity contribution < 1.29 is 32.0 Å². The Bertz CT molecular complexity index is 946. The van der Waals surface area contributed by atoms with E-state index in [2.05, 4.69) is 0 Å². The molecule has 5 unspecified atom stereocenters. The lowest BCUT2D eigenvalue weighted by molar-refractivity contribution is -0.437. The summed E-state index contributed by atoms with van der Waals surface area (Å²) in [5.41, 5.74) is -2.04. The number of rotatable bonds is 7. The predicted octanol–water partition coefficient (Wildman–Crippen LogP) is 2.94. The zero-order valence-corrected chi connectivity index (χ0v) is 18.4. The van der Waals surface area contributed by atoms with Crippen LogP contribution in [0.4, 0.5) is 0 Å². The minimum Gasteiger partial charge on any atom is -0.461 e. The smallest absolute Gasteiger partial charge is 0.366 e. The lowest BCUT2D eigenvalue weighted by atomic mass is 9.13. The van der Waals surface area contributed by atoms with Gasteiger partial charge in [0, 0.05) is 5.41 Å². The normalized spacial score (nSPS) is 52.5. The Morgan fingerprint density at radius 1 is 0.903 bits per heavy atom. The molecule has 8 fully saturated rings. The molecule has 0 amide bonds. The van der Waals surface area contributed by atoms with Crippen molar-refractivity contribution in [2.24, 2.45) is 51.8 Å². The first-order valence-corrected chi connectivity index (χ1v) is 13.5. The van der Waals surface area contributed by atoms with Crippen molar-refractivity contribution in [2.45, 2.75) is 69.6 Å². The molecule has 0 saturated heterocycles. The standard InChI is InChI=1S/C23H30O7S/c24-18(10-21-6-12-1-13(7-21)3-14(21)2-12)30-20(31(26,27)28)19(25)29-11-22-8-16-4-15-5-17(9-22)23(15,16)22/h12-17,20H,1-11H2,(H,26,27,28). The van der Waals surface area contributed by atoms with E-state index in [1.165, 1.54) is 19.3 Å². The molecule has 0 aliphatic heterocycles. The minimum absolute atomic E-state index is 0.00611. The summed E-state index contributed by atoms with van der Waals surface area (Å²) in [7, 11) is -4.90. The van der Waals surface area contributed by atoms with Gasteiger partial charge >= 0.3 is 27.5 Å². The van der Waals surface area contributed by atoms with Gasteiger partial charge in [0.15, 0.2) is 0 Å². The maximum Gasteiger partial charge on any atom is 0.366 e. The van der Waals surface area contributed by atoms with Gasteiger partial charge in [-0.3, -0.25) is 9.35 Å². The predicted molar refractivity (Wildman–Crippen MR) is 107 cm³/mol. The third kappa shape index (κ3) is 2.22. The van der Waals surface area contributed by atoms with Crippen LogP contribution in [0.2, 0.25) is 0 Å². The van der Waals surface area contributed by atoms with Crippen molar-refractivity contribution in [2.75, 3.05) is 6.61 Å². The molecule has 0 aromatic carbocycles. The quantitative estimate of drug-likeness (QED) is 0.469. The molecule has 31 heavy (non-hydrogen) atoms. The van der Waals surface area contributed by atoms with Crippen LogP contribution in [0.15, 0.2) is 0 Å². The van der Waals surface area contributed by atoms with Gasteiger partial charge in [0.1, 0.15) is 0 Å². The first-order valence-electron chi connectivity index (χ1n) is 12.0. The van der Waals surface area contributed by atoms with E-state index < -0.39 is 27.5 Å². The van der Waals surface area contributed by atoms with Crippen LogP contribution in [0.3, 0.4) is 0 Å². The summed E-state index contributed by atoms with van der Waals surface area (Å²) in [6.45, 7) is 0.175. The lowest BCUT2D eigenvalue weighted by Crippen LogP contribution is -2.86. The number of esters is 2. The fraction of sp³-hybridized carbons (Fsp3) is 0.913. The van der Waals surface area contributed by atoms with Crippen LogP contribution in [0.1, 0.15) is 64.2 Å².